The molecule has 0 aromatic heterocycles. The van der Waals surface area contributed by atoms with E-state index in [9.17, 15) is 0 Å². The normalized spacial score (nSPS) is 44.1. The highest BCUT2D eigenvalue weighted by atomic mass is 28.3. The lowest BCUT2D eigenvalue weighted by molar-refractivity contribution is -0.0960. The Bertz CT molecular complexity index is 834. The molecule has 5 rings (SSSR count). The Morgan fingerprint density at radius 2 is 1.47 bits per heavy atom. The molecule has 0 spiro atoms. The maximum Gasteiger partial charge on any atom is 0.0552 e. The monoisotopic (exact) mass is 498 g/mol. The fourth-order valence-corrected chi connectivity index (χ4v) is 15.6. The molecule has 34 heavy (non-hydrogen) atoms. The van der Waals surface area contributed by atoms with Crippen LogP contribution in [0.3, 0.4) is 0 Å². The van der Waals surface area contributed by atoms with Crippen LogP contribution in [0.4, 0.5) is 0 Å². The molecule has 2 heteroatoms. The zero-order valence-electron chi connectivity index (χ0n) is 24.7. The van der Waals surface area contributed by atoms with Crippen molar-refractivity contribution in [2.75, 3.05) is 0 Å². The first-order valence-corrected chi connectivity index (χ1v) is 22.0. The molecule has 7 atom stereocenters. The van der Waals surface area contributed by atoms with Crippen LogP contribution in [0.25, 0.3) is 0 Å². The average Bonchev–Trinajstić information content (AvgIpc) is 3.46. The van der Waals surface area contributed by atoms with Crippen molar-refractivity contribution in [3.63, 3.8) is 0 Å². The SMILES string of the molecule is CC(C)(C)[Si](C)(C)C[C@H]1CC[C@@H]2[C@@H]3CC[C@H]4CC(C5([Si](C)(C)C)CC5)=CC[C@]4(C)[C@@H]3CC[C@]12C. The molecule has 0 aliphatic heterocycles. The van der Waals surface area contributed by atoms with Gasteiger partial charge in [-0.25, -0.2) is 0 Å². The number of fused-ring (bicyclic) bond motifs is 5. The van der Waals surface area contributed by atoms with Crippen molar-refractivity contribution in [1.29, 1.82) is 0 Å². The molecule has 5 aliphatic rings. The Hall–Kier alpha value is 0.174. The third kappa shape index (κ3) is 3.68. The molecule has 0 unspecified atom stereocenters. The largest absolute Gasteiger partial charge is 0.0845 e. The summed E-state index contributed by atoms with van der Waals surface area (Å²) < 4.78 is 0. The van der Waals surface area contributed by atoms with E-state index in [2.05, 4.69) is 73.4 Å². The van der Waals surface area contributed by atoms with E-state index in [0.29, 0.717) is 20.9 Å². The Kier molecular flexibility index (Phi) is 5.95. The van der Waals surface area contributed by atoms with Gasteiger partial charge >= 0.3 is 0 Å². The maximum atomic E-state index is 2.84. The van der Waals surface area contributed by atoms with Crippen LogP contribution >= 0.6 is 0 Å². The Balaban J connectivity index is 1.35. The summed E-state index contributed by atoms with van der Waals surface area (Å²) in [6.45, 7) is 26.5. The molecule has 5 aliphatic carbocycles. The quantitative estimate of drug-likeness (QED) is 0.267. The second kappa shape index (κ2) is 7.84. The molecule has 0 saturated heterocycles. The van der Waals surface area contributed by atoms with Gasteiger partial charge in [0.25, 0.3) is 0 Å². The summed E-state index contributed by atoms with van der Waals surface area (Å²) in [4.78, 5) is 0. The van der Waals surface area contributed by atoms with Crippen molar-refractivity contribution in [1.82, 2.24) is 0 Å². The number of allylic oxidation sites excluding steroid dienone is 2. The van der Waals surface area contributed by atoms with Gasteiger partial charge in [-0.15, -0.1) is 0 Å². The van der Waals surface area contributed by atoms with E-state index in [-0.39, 0.29) is 0 Å². The predicted octanol–water partition coefficient (Wildman–Crippen LogP) is 10.6. The molecule has 0 radical (unpaired) electrons. The van der Waals surface area contributed by atoms with Gasteiger partial charge in [-0.3, -0.25) is 0 Å². The minimum Gasteiger partial charge on any atom is -0.0845 e. The minimum absolute atomic E-state index is 0.533. The fraction of sp³-hybridized carbons (Fsp3) is 0.938. The van der Waals surface area contributed by atoms with Crippen LogP contribution in [0.2, 0.25) is 48.9 Å². The first kappa shape index (κ1) is 25.8. The Labute approximate surface area is 215 Å². The third-order valence-electron chi connectivity index (χ3n) is 14.1. The third-order valence-corrected chi connectivity index (χ3v) is 23.4. The van der Waals surface area contributed by atoms with Gasteiger partial charge in [0, 0.05) is 0 Å². The second-order valence-electron chi connectivity index (χ2n) is 17.3. The van der Waals surface area contributed by atoms with E-state index in [1.54, 1.807) is 31.7 Å². The smallest absolute Gasteiger partial charge is 0.0552 e. The highest BCUT2D eigenvalue weighted by molar-refractivity contribution is 6.81. The van der Waals surface area contributed by atoms with E-state index >= 15 is 0 Å². The molecule has 4 fully saturated rings. The van der Waals surface area contributed by atoms with E-state index in [1.807, 2.05) is 5.57 Å². The van der Waals surface area contributed by atoms with Crippen LogP contribution in [0.5, 0.6) is 0 Å². The molecule has 0 amide bonds. The summed E-state index contributed by atoms with van der Waals surface area (Å²) in [7, 11) is -2.33. The summed E-state index contributed by atoms with van der Waals surface area (Å²) in [6, 6.07) is 1.58. The lowest BCUT2D eigenvalue weighted by Gasteiger charge is -2.61. The van der Waals surface area contributed by atoms with Crippen molar-refractivity contribution in [3.8, 4) is 0 Å². The molecule has 0 heterocycles. The van der Waals surface area contributed by atoms with Gasteiger partial charge < -0.3 is 0 Å². The van der Waals surface area contributed by atoms with Crippen molar-refractivity contribution < 1.29 is 0 Å². The number of hydrogen-bond donors (Lipinski definition) is 0. The van der Waals surface area contributed by atoms with Gasteiger partial charge in [0.2, 0.25) is 0 Å². The topological polar surface area (TPSA) is 0 Å². The van der Waals surface area contributed by atoms with Gasteiger partial charge in [0.05, 0.1) is 16.1 Å². The van der Waals surface area contributed by atoms with E-state index in [1.165, 1.54) is 38.5 Å². The number of hydrogen-bond acceptors (Lipinski definition) is 0. The van der Waals surface area contributed by atoms with Crippen molar-refractivity contribution in [3.05, 3.63) is 11.6 Å². The summed E-state index contributed by atoms with van der Waals surface area (Å²) >= 11 is 0. The summed E-state index contributed by atoms with van der Waals surface area (Å²) in [6.07, 6.45) is 18.0. The predicted molar refractivity (Wildman–Crippen MR) is 156 cm³/mol. The summed E-state index contributed by atoms with van der Waals surface area (Å²) in [5.74, 6) is 5.06. The second-order valence-corrected chi connectivity index (χ2v) is 28.4. The molecule has 0 bridgehead atoms. The van der Waals surface area contributed by atoms with Gasteiger partial charge in [-0.05, 0) is 115 Å². The molecule has 0 aromatic carbocycles. The lowest BCUT2D eigenvalue weighted by Crippen LogP contribution is -2.53. The van der Waals surface area contributed by atoms with Crippen LogP contribution < -0.4 is 0 Å². The average molecular weight is 499 g/mol. The zero-order chi connectivity index (χ0) is 24.9. The van der Waals surface area contributed by atoms with Crippen molar-refractivity contribution in [2.24, 2.45) is 40.4 Å². The molecular formula is C32H58Si2. The molecule has 4 saturated carbocycles. The Morgan fingerprint density at radius 1 is 0.824 bits per heavy atom. The first-order valence-electron chi connectivity index (χ1n) is 15.2. The van der Waals surface area contributed by atoms with Gasteiger partial charge in [-0.1, -0.05) is 85.0 Å². The molecule has 0 N–H and O–H groups in total. The maximum absolute atomic E-state index is 2.84. The van der Waals surface area contributed by atoms with Gasteiger partial charge in [0.1, 0.15) is 0 Å². The molecular weight excluding hydrogens is 441 g/mol. The van der Waals surface area contributed by atoms with E-state index in [0.717, 1.165) is 29.6 Å². The van der Waals surface area contributed by atoms with Crippen LogP contribution in [0, 0.1) is 40.4 Å². The summed E-state index contributed by atoms with van der Waals surface area (Å²) in [5, 5.41) is 1.23. The van der Waals surface area contributed by atoms with Crippen LogP contribution in [-0.2, 0) is 0 Å². The summed E-state index contributed by atoms with van der Waals surface area (Å²) in [5.41, 5.74) is 3.19. The van der Waals surface area contributed by atoms with Crippen molar-refractivity contribution in [2.45, 2.75) is 148 Å². The fourth-order valence-electron chi connectivity index (χ4n) is 10.3. The van der Waals surface area contributed by atoms with Gasteiger partial charge in [0.15, 0.2) is 0 Å². The highest BCUT2D eigenvalue weighted by Crippen LogP contribution is 2.72. The highest BCUT2D eigenvalue weighted by Gasteiger charge is 2.62. The molecule has 194 valence electrons. The van der Waals surface area contributed by atoms with Gasteiger partial charge in [-0.2, -0.15) is 0 Å². The van der Waals surface area contributed by atoms with Crippen LogP contribution in [-0.4, -0.2) is 16.1 Å². The van der Waals surface area contributed by atoms with Crippen LogP contribution in [0.15, 0.2) is 11.6 Å². The standard InChI is InChI=1S/C32H58Si2/c1-29(2,3)34(9,10)22-25-12-14-27-26-13-11-23-21-24(32(19-20-32)33(6,7)8)15-17-30(23,4)28(26)16-18-31(25,27)5/h15,23,25-28H,11-14,16-22H2,1-10H3/t23-,25+,26-,27+,28+,30-,31+/m0/s1. The Morgan fingerprint density at radius 3 is 2.06 bits per heavy atom. The number of rotatable bonds is 4. The van der Waals surface area contributed by atoms with E-state index in [4.69, 9.17) is 0 Å². The minimum atomic E-state index is -1.22. The first-order chi connectivity index (χ1) is 15.6. The molecule has 0 aromatic rings. The van der Waals surface area contributed by atoms with Crippen LogP contribution in [0.1, 0.15) is 98.8 Å². The van der Waals surface area contributed by atoms with E-state index < -0.39 is 16.1 Å². The lowest BCUT2D eigenvalue weighted by atomic mass is 9.45. The zero-order valence-corrected chi connectivity index (χ0v) is 26.7. The molecule has 0 nitrogen and oxygen atoms in total. The van der Waals surface area contributed by atoms with Crippen molar-refractivity contribution >= 4 is 16.1 Å².